The molecule has 10 nitrogen and oxygen atoms in total. The highest BCUT2D eigenvalue weighted by molar-refractivity contribution is 6.39. The third kappa shape index (κ3) is 6.54. The van der Waals surface area contributed by atoms with Crippen molar-refractivity contribution in [2.24, 2.45) is 11.7 Å². The number of hydrogen-bond acceptors (Lipinski definition) is 8. The van der Waals surface area contributed by atoms with Crippen LogP contribution in [0.15, 0.2) is 48.7 Å². The molecule has 222 valence electrons. The van der Waals surface area contributed by atoms with E-state index >= 15 is 0 Å². The Labute approximate surface area is 260 Å². The molecule has 3 heterocycles. The van der Waals surface area contributed by atoms with E-state index in [-0.39, 0.29) is 23.9 Å². The van der Waals surface area contributed by atoms with Gasteiger partial charge in [0, 0.05) is 31.1 Å². The molecule has 2 aromatic carbocycles. The van der Waals surface area contributed by atoms with Gasteiger partial charge in [-0.05, 0) is 62.8 Å². The van der Waals surface area contributed by atoms with Crippen molar-refractivity contribution in [3.63, 3.8) is 0 Å². The molecule has 1 amide bonds. The van der Waals surface area contributed by atoms with Crippen LogP contribution in [0.4, 0.5) is 17.6 Å². The summed E-state index contributed by atoms with van der Waals surface area (Å²) in [7, 11) is 0. The van der Waals surface area contributed by atoms with E-state index in [4.69, 9.17) is 38.9 Å². The van der Waals surface area contributed by atoms with Crippen molar-refractivity contribution < 1.29 is 4.79 Å². The van der Waals surface area contributed by atoms with Crippen molar-refractivity contribution in [3.05, 3.63) is 69.8 Å². The summed E-state index contributed by atoms with van der Waals surface area (Å²) in [5.41, 5.74) is 9.05. The molecule has 2 fully saturated rings. The van der Waals surface area contributed by atoms with Gasteiger partial charge in [0.2, 0.25) is 17.8 Å². The molecule has 1 atom stereocenters. The van der Waals surface area contributed by atoms with E-state index in [1.807, 2.05) is 6.07 Å². The molecule has 1 aliphatic carbocycles. The summed E-state index contributed by atoms with van der Waals surface area (Å²) >= 11 is 13.0. The highest BCUT2D eigenvalue weighted by Gasteiger charge is 2.30. The van der Waals surface area contributed by atoms with Gasteiger partial charge in [0.05, 0.1) is 33.6 Å². The SMILES string of the molecule is N#Cc1cc(Cl)c(Nc2nc3cnc(N[C@@H]4CCCN(Cc5ccccc5)C4)nc3n2[C@H]2CC[C@@H](C(N)=O)CC2)c(Cl)c1. The van der Waals surface area contributed by atoms with E-state index in [1.165, 1.54) is 5.56 Å². The number of aromatic nitrogens is 4. The predicted molar refractivity (Wildman–Crippen MR) is 168 cm³/mol. The number of nitriles is 1. The lowest BCUT2D eigenvalue weighted by atomic mass is 9.85. The van der Waals surface area contributed by atoms with Gasteiger partial charge < -0.3 is 16.4 Å². The minimum absolute atomic E-state index is 0.0258. The summed E-state index contributed by atoms with van der Waals surface area (Å²) < 4.78 is 2.06. The minimum Gasteiger partial charge on any atom is -0.369 e. The maximum Gasteiger partial charge on any atom is 0.225 e. The first-order valence-corrected chi connectivity index (χ1v) is 15.4. The van der Waals surface area contributed by atoms with Gasteiger partial charge in [0.25, 0.3) is 0 Å². The van der Waals surface area contributed by atoms with Crippen molar-refractivity contribution >= 4 is 57.9 Å². The number of likely N-dealkylation sites (tertiary alicyclic amines) is 1. The van der Waals surface area contributed by atoms with Crippen LogP contribution in [0.3, 0.4) is 0 Å². The second-order valence-electron chi connectivity index (χ2n) is 11.4. The van der Waals surface area contributed by atoms with E-state index < -0.39 is 0 Å². The topological polar surface area (TPSA) is 138 Å². The van der Waals surface area contributed by atoms with Gasteiger partial charge in [-0.3, -0.25) is 14.3 Å². The van der Waals surface area contributed by atoms with Crippen LogP contribution in [0.2, 0.25) is 10.0 Å². The number of nitrogens with one attached hydrogen (secondary N) is 2. The van der Waals surface area contributed by atoms with Crippen LogP contribution < -0.4 is 16.4 Å². The maximum atomic E-state index is 11.9. The second kappa shape index (κ2) is 12.8. The Balaban J connectivity index is 1.29. The maximum absolute atomic E-state index is 11.9. The Hall–Kier alpha value is -3.91. The molecule has 0 bridgehead atoms. The van der Waals surface area contributed by atoms with E-state index in [1.54, 1.807) is 18.3 Å². The number of fused-ring (bicyclic) bond motifs is 1. The van der Waals surface area contributed by atoms with Crippen LogP contribution in [0.5, 0.6) is 0 Å². The first-order chi connectivity index (χ1) is 20.9. The van der Waals surface area contributed by atoms with Gasteiger partial charge >= 0.3 is 0 Å². The fraction of sp³-hybridized carbons (Fsp3) is 0.387. The molecule has 2 aromatic heterocycles. The first kappa shape index (κ1) is 29.2. The molecule has 2 aliphatic rings. The van der Waals surface area contributed by atoms with E-state index in [0.29, 0.717) is 57.2 Å². The lowest BCUT2D eigenvalue weighted by Gasteiger charge is -2.33. The van der Waals surface area contributed by atoms with Crippen molar-refractivity contribution in [1.82, 2.24) is 24.4 Å². The minimum atomic E-state index is -0.258. The molecule has 1 saturated heterocycles. The van der Waals surface area contributed by atoms with E-state index in [9.17, 15) is 10.1 Å². The molecular formula is C31H33Cl2N9O. The molecule has 0 spiro atoms. The summed E-state index contributed by atoms with van der Waals surface area (Å²) in [6.07, 6.45) is 6.71. The number of nitrogens with zero attached hydrogens (tertiary/aromatic N) is 6. The Morgan fingerprint density at radius 1 is 1.07 bits per heavy atom. The Morgan fingerprint density at radius 3 is 2.51 bits per heavy atom. The molecule has 0 radical (unpaired) electrons. The fourth-order valence-corrected chi connectivity index (χ4v) is 6.80. The lowest BCUT2D eigenvalue weighted by molar-refractivity contribution is -0.122. The molecule has 1 saturated carbocycles. The van der Waals surface area contributed by atoms with Crippen LogP contribution in [0.25, 0.3) is 11.2 Å². The normalized spacial score (nSPS) is 20.9. The van der Waals surface area contributed by atoms with Gasteiger partial charge in [-0.2, -0.15) is 10.2 Å². The van der Waals surface area contributed by atoms with Gasteiger partial charge in [0.15, 0.2) is 5.65 Å². The number of nitrogens with two attached hydrogens (primary N) is 1. The number of carbonyl (C=O) groups excluding carboxylic acids is 1. The van der Waals surface area contributed by atoms with Crippen LogP contribution in [0, 0.1) is 17.2 Å². The molecule has 4 N–H and O–H groups in total. The van der Waals surface area contributed by atoms with Gasteiger partial charge in [0.1, 0.15) is 5.52 Å². The Kier molecular flexibility index (Phi) is 8.66. The Bertz CT molecular complexity index is 1640. The number of piperidine rings is 1. The summed E-state index contributed by atoms with van der Waals surface area (Å²) in [5, 5.41) is 16.8. The third-order valence-corrected chi connectivity index (χ3v) is 8.99. The number of halogens is 2. The van der Waals surface area contributed by atoms with Crippen LogP contribution in [-0.4, -0.2) is 49.5 Å². The van der Waals surface area contributed by atoms with Gasteiger partial charge in [-0.15, -0.1) is 0 Å². The zero-order valence-electron chi connectivity index (χ0n) is 23.6. The molecule has 4 aromatic rings. The fourth-order valence-electron chi connectivity index (χ4n) is 6.22. The van der Waals surface area contributed by atoms with Crippen LogP contribution in [-0.2, 0) is 11.3 Å². The largest absolute Gasteiger partial charge is 0.369 e. The van der Waals surface area contributed by atoms with E-state index in [0.717, 1.165) is 45.3 Å². The van der Waals surface area contributed by atoms with Crippen LogP contribution in [0.1, 0.15) is 55.7 Å². The Morgan fingerprint density at radius 2 is 1.81 bits per heavy atom. The second-order valence-corrected chi connectivity index (χ2v) is 12.2. The quantitative estimate of drug-likeness (QED) is 0.217. The molecule has 0 unspecified atom stereocenters. The number of anilines is 3. The zero-order valence-corrected chi connectivity index (χ0v) is 25.2. The lowest BCUT2D eigenvalue weighted by Crippen LogP contribution is -2.41. The number of rotatable bonds is 8. The average molecular weight is 619 g/mol. The highest BCUT2D eigenvalue weighted by Crippen LogP contribution is 2.39. The molecule has 1 aliphatic heterocycles. The number of hydrogen-bond donors (Lipinski definition) is 3. The predicted octanol–water partition coefficient (Wildman–Crippen LogP) is 6.04. The van der Waals surface area contributed by atoms with Crippen molar-refractivity contribution in [2.75, 3.05) is 23.7 Å². The monoisotopic (exact) mass is 617 g/mol. The number of primary amides is 1. The van der Waals surface area contributed by atoms with Gasteiger partial charge in [-0.1, -0.05) is 53.5 Å². The van der Waals surface area contributed by atoms with Gasteiger partial charge in [-0.25, -0.2) is 9.97 Å². The molecular weight excluding hydrogens is 585 g/mol. The van der Waals surface area contributed by atoms with Crippen molar-refractivity contribution in [2.45, 2.75) is 57.2 Å². The first-order valence-electron chi connectivity index (χ1n) is 14.6. The average Bonchev–Trinajstić information content (AvgIpc) is 3.36. The number of carbonyl (C=O) groups is 1. The molecule has 6 rings (SSSR count). The van der Waals surface area contributed by atoms with Crippen LogP contribution >= 0.6 is 23.2 Å². The summed E-state index contributed by atoms with van der Waals surface area (Å²) in [6.45, 7) is 2.87. The van der Waals surface area contributed by atoms with E-state index in [2.05, 4.69) is 55.4 Å². The third-order valence-electron chi connectivity index (χ3n) is 8.39. The molecule has 43 heavy (non-hydrogen) atoms. The zero-order chi connectivity index (χ0) is 29.9. The smallest absolute Gasteiger partial charge is 0.225 e. The van der Waals surface area contributed by atoms with Crippen molar-refractivity contribution in [1.29, 1.82) is 5.26 Å². The highest BCUT2D eigenvalue weighted by atomic mass is 35.5. The number of amides is 1. The summed E-state index contributed by atoms with van der Waals surface area (Å²) in [6, 6.07) is 16.0. The van der Waals surface area contributed by atoms with Crippen molar-refractivity contribution in [3.8, 4) is 6.07 Å². The standard InChI is InChI=1S/C31H33Cl2N9O/c32-24-13-20(15-34)14-25(33)27(24)39-31-38-26-16-36-30(40-29(26)42(31)23-10-8-21(9-11-23)28(35)43)37-22-7-4-12-41(18-22)17-19-5-2-1-3-6-19/h1-3,5-6,13-14,16,21-23H,4,7-12,17-18H2,(H2,35,43)(H,38,39)(H,36,37,40)/t21-,22-,23+/m1/s1. The number of benzene rings is 2. The summed E-state index contributed by atoms with van der Waals surface area (Å²) in [4.78, 5) is 28.7. The molecule has 12 heteroatoms. The number of imidazole rings is 1. The summed E-state index contributed by atoms with van der Waals surface area (Å²) in [5.74, 6) is 0.670.